The molecule has 2 aliphatic heterocycles. The second-order valence-electron chi connectivity index (χ2n) is 7.07. The summed E-state index contributed by atoms with van der Waals surface area (Å²) in [6.45, 7) is 5.34. The Hall–Kier alpha value is -2.40. The van der Waals surface area contributed by atoms with E-state index in [-0.39, 0.29) is 17.8 Å². The van der Waals surface area contributed by atoms with Crippen molar-refractivity contribution in [3.8, 4) is 0 Å². The number of nitrogens with one attached hydrogen (secondary N) is 2. The molecule has 0 spiro atoms. The van der Waals surface area contributed by atoms with Crippen LogP contribution in [0.5, 0.6) is 0 Å². The van der Waals surface area contributed by atoms with Crippen molar-refractivity contribution in [2.24, 2.45) is 0 Å². The summed E-state index contributed by atoms with van der Waals surface area (Å²) in [5, 5.41) is 10.0. The van der Waals surface area contributed by atoms with Gasteiger partial charge in [-0.1, -0.05) is 0 Å². The van der Waals surface area contributed by atoms with Gasteiger partial charge in [-0.05, 0) is 13.3 Å². The number of alkyl halides is 3. The van der Waals surface area contributed by atoms with Crippen molar-refractivity contribution in [1.29, 1.82) is 0 Å². The summed E-state index contributed by atoms with van der Waals surface area (Å²) in [6.07, 6.45) is -0.882. The predicted molar refractivity (Wildman–Crippen MR) is 96.7 cm³/mol. The zero-order valence-electron chi connectivity index (χ0n) is 15.6. The maximum absolute atomic E-state index is 13.0. The van der Waals surface area contributed by atoms with Crippen LogP contribution < -0.4 is 10.6 Å². The number of halogens is 3. The van der Waals surface area contributed by atoms with Gasteiger partial charge in [0.1, 0.15) is 11.4 Å². The Bertz CT molecular complexity index is 850. The first-order valence-electron chi connectivity index (χ1n) is 9.11. The van der Waals surface area contributed by atoms with E-state index in [1.807, 2.05) is 17.8 Å². The fraction of sp³-hybridized carbons (Fsp3) is 0.588. The average Bonchev–Trinajstić information content (AvgIpc) is 3.20. The van der Waals surface area contributed by atoms with Crippen LogP contribution in [0.2, 0.25) is 0 Å². The highest BCUT2D eigenvalue weighted by Gasteiger charge is 2.35. The van der Waals surface area contributed by atoms with Gasteiger partial charge in [-0.15, -0.1) is 0 Å². The highest BCUT2D eigenvalue weighted by Crippen LogP contribution is 2.34. The molecule has 0 amide bonds. The lowest BCUT2D eigenvalue weighted by molar-refractivity contribution is -0.137. The van der Waals surface area contributed by atoms with Crippen molar-refractivity contribution in [3.63, 3.8) is 0 Å². The largest absolute Gasteiger partial charge is 0.421 e. The highest BCUT2D eigenvalue weighted by atomic mass is 19.4. The van der Waals surface area contributed by atoms with Crippen molar-refractivity contribution in [3.05, 3.63) is 23.7 Å². The van der Waals surface area contributed by atoms with Gasteiger partial charge in [-0.25, -0.2) is 4.98 Å². The highest BCUT2D eigenvalue weighted by molar-refractivity contribution is 5.57. The fourth-order valence-electron chi connectivity index (χ4n) is 3.50. The number of likely N-dealkylation sites (tertiary alicyclic amines) is 1. The number of hydrogen-bond donors (Lipinski definition) is 2. The van der Waals surface area contributed by atoms with Gasteiger partial charge < -0.3 is 15.4 Å². The zero-order chi connectivity index (χ0) is 19.9. The molecular formula is C17H22F3N7O. The summed E-state index contributed by atoms with van der Waals surface area (Å²) in [4.78, 5) is 10.2. The van der Waals surface area contributed by atoms with E-state index in [1.54, 1.807) is 0 Å². The first-order valence-corrected chi connectivity index (χ1v) is 9.11. The van der Waals surface area contributed by atoms with Gasteiger partial charge in [-0.2, -0.15) is 23.3 Å². The molecule has 28 heavy (non-hydrogen) atoms. The van der Waals surface area contributed by atoms with Gasteiger partial charge in [0.25, 0.3) is 0 Å². The summed E-state index contributed by atoms with van der Waals surface area (Å²) in [7, 11) is 1.39. The van der Waals surface area contributed by atoms with E-state index in [1.165, 1.54) is 7.05 Å². The molecule has 8 nitrogen and oxygen atoms in total. The minimum absolute atomic E-state index is 0.0830. The van der Waals surface area contributed by atoms with Crippen LogP contribution in [0.4, 0.5) is 30.6 Å². The third-order valence-corrected chi connectivity index (χ3v) is 5.20. The Kier molecular flexibility index (Phi) is 4.88. The van der Waals surface area contributed by atoms with Gasteiger partial charge in [0.2, 0.25) is 5.95 Å². The first kappa shape index (κ1) is 18.9. The molecular weight excluding hydrogens is 375 g/mol. The fourth-order valence-corrected chi connectivity index (χ4v) is 3.50. The quantitative estimate of drug-likeness (QED) is 0.802. The van der Waals surface area contributed by atoms with Gasteiger partial charge >= 0.3 is 6.18 Å². The topological polar surface area (TPSA) is 80.1 Å². The molecule has 4 heterocycles. The number of ether oxygens (including phenoxy) is 1. The van der Waals surface area contributed by atoms with Crippen LogP contribution in [-0.2, 0) is 10.9 Å². The molecule has 2 aromatic heterocycles. The summed E-state index contributed by atoms with van der Waals surface area (Å²) in [5.41, 5.74) is 0.506. The molecule has 0 saturated carbocycles. The van der Waals surface area contributed by atoms with E-state index in [0.29, 0.717) is 11.7 Å². The van der Waals surface area contributed by atoms with E-state index in [2.05, 4.69) is 30.6 Å². The lowest BCUT2D eigenvalue weighted by atomic mass is 10.2. The molecule has 0 aliphatic carbocycles. The standard InChI is InChI=1S/C17H22F3N7O/c1-10-14(23-16-22-5-13(17(18,19)20)15(21-2)24-16)7-27(25-10)11-3-4-26(6-11)12-8-28-9-12/h5,7,11-12H,3-4,6,8-9H2,1-2H3,(H2,21,22,23,24)/t11-/m0/s1. The average molecular weight is 397 g/mol. The zero-order valence-corrected chi connectivity index (χ0v) is 15.6. The summed E-state index contributed by atoms with van der Waals surface area (Å²) >= 11 is 0. The molecule has 2 N–H and O–H groups in total. The van der Waals surface area contributed by atoms with Crippen molar-refractivity contribution in [2.45, 2.75) is 31.6 Å². The Morgan fingerprint density at radius 3 is 2.68 bits per heavy atom. The van der Waals surface area contributed by atoms with E-state index in [9.17, 15) is 13.2 Å². The Morgan fingerprint density at radius 1 is 1.25 bits per heavy atom. The number of anilines is 3. The van der Waals surface area contributed by atoms with E-state index in [4.69, 9.17) is 4.74 Å². The smallest absolute Gasteiger partial charge is 0.378 e. The number of nitrogens with zero attached hydrogens (tertiary/aromatic N) is 5. The summed E-state index contributed by atoms with van der Waals surface area (Å²) in [5.74, 6) is -0.191. The molecule has 2 aliphatic rings. The molecule has 4 rings (SSSR count). The second-order valence-corrected chi connectivity index (χ2v) is 7.07. The van der Waals surface area contributed by atoms with Crippen LogP contribution in [0.25, 0.3) is 0 Å². The number of aryl methyl sites for hydroxylation is 1. The van der Waals surface area contributed by atoms with Crippen LogP contribution >= 0.6 is 0 Å². The van der Waals surface area contributed by atoms with Crippen molar-refractivity contribution in [1.82, 2.24) is 24.6 Å². The van der Waals surface area contributed by atoms with Crippen molar-refractivity contribution in [2.75, 3.05) is 44.0 Å². The third kappa shape index (κ3) is 3.63. The van der Waals surface area contributed by atoms with Crippen LogP contribution in [0.1, 0.15) is 23.7 Å². The summed E-state index contributed by atoms with van der Waals surface area (Å²) in [6, 6.07) is 0.760. The molecule has 0 bridgehead atoms. The maximum atomic E-state index is 13.0. The molecule has 11 heteroatoms. The lowest BCUT2D eigenvalue weighted by Gasteiger charge is -2.34. The molecule has 2 saturated heterocycles. The lowest BCUT2D eigenvalue weighted by Crippen LogP contribution is -2.47. The first-order chi connectivity index (χ1) is 13.3. The van der Waals surface area contributed by atoms with E-state index in [0.717, 1.165) is 44.6 Å². The Morgan fingerprint density at radius 2 is 2.04 bits per heavy atom. The van der Waals surface area contributed by atoms with E-state index < -0.39 is 11.7 Å². The monoisotopic (exact) mass is 397 g/mol. The minimum atomic E-state index is -4.52. The molecule has 0 radical (unpaired) electrons. The van der Waals surface area contributed by atoms with Gasteiger partial charge in [0.05, 0.1) is 36.7 Å². The SMILES string of the molecule is CNc1nc(Nc2cn([C@H]3CCN(C4COC4)C3)nc2C)ncc1C(F)(F)F. The predicted octanol–water partition coefficient (Wildman–Crippen LogP) is 2.43. The minimum Gasteiger partial charge on any atom is -0.378 e. The maximum Gasteiger partial charge on any atom is 0.421 e. The number of rotatable bonds is 5. The van der Waals surface area contributed by atoms with Crippen LogP contribution in [0.15, 0.2) is 12.4 Å². The van der Waals surface area contributed by atoms with Crippen molar-refractivity contribution < 1.29 is 17.9 Å². The van der Waals surface area contributed by atoms with Crippen LogP contribution in [0.3, 0.4) is 0 Å². The van der Waals surface area contributed by atoms with Crippen molar-refractivity contribution >= 4 is 17.5 Å². The second kappa shape index (κ2) is 7.21. The van der Waals surface area contributed by atoms with Gasteiger partial charge in [0, 0.05) is 32.5 Å². The van der Waals surface area contributed by atoms with Crippen LogP contribution in [-0.4, -0.2) is 64.0 Å². The molecule has 0 unspecified atom stereocenters. The molecule has 1 atom stereocenters. The van der Waals surface area contributed by atoms with Gasteiger partial charge in [0.15, 0.2) is 0 Å². The van der Waals surface area contributed by atoms with E-state index >= 15 is 0 Å². The van der Waals surface area contributed by atoms with Crippen LogP contribution in [0, 0.1) is 6.92 Å². The summed E-state index contributed by atoms with van der Waals surface area (Å²) < 4.78 is 46.1. The molecule has 2 aromatic rings. The number of aromatic nitrogens is 4. The molecule has 0 aromatic carbocycles. The Balaban J connectivity index is 1.48. The Labute approximate surface area is 160 Å². The molecule has 2 fully saturated rings. The van der Waals surface area contributed by atoms with Gasteiger partial charge in [-0.3, -0.25) is 9.58 Å². The third-order valence-electron chi connectivity index (χ3n) is 5.20. The normalized spacial score (nSPS) is 21.0. The number of hydrogen-bond acceptors (Lipinski definition) is 7. The molecule has 152 valence electrons.